The number of ether oxygens (including phenoxy) is 2. The first-order chi connectivity index (χ1) is 11.2. The molecular weight excluding hydrogens is 294 g/mol. The van der Waals surface area contributed by atoms with Gasteiger partial charge in [0.05, 0.1) is 18.6 Å². The van der Waals surface area contributed by atoms with Gasteiger partial charge in [0.15, 0.2) is 0 Å². The summed E-state index contributed by atoms with van der Waals surface area (Å²) in [5.74, 6) is -0.594. The van der Waals surface area contributed by atoms with Gasteiger partial charge < -0.3 is 14.8 Å². The molecule has 23 heavy (non-hydrogen) atoms. The summed E-state index contributed by atoms with van der Waals surface area (Å²) in [6.07, 6.45) is 0.263. The lowest BCUT2D eigenvalue weighted by molar-refractivity contribution is -0.117. The summed E-state index contributed by atoms with van der Waals surface area (Å²) in [5.41, 5.74) is 1.87. The fraction of sp³-hybridized carbons (Fsp3) is 0.222. The largest absolute Gasteiger partial charge is 0.457 e. The van der Waals surface area contributed by atoms with Gasteiger partial charge in [0.25, 0.3) is 0 Å². The summed E-state index contributed by atoms with van der Waals surface area (Å²) < 4.78 is 10.1. The molecule has 0 unspecified atom stereocenters. The Bertz CT molecular complexity index is 655. The Labute approximate surface area is 135 Å². The van der Waals surface area contributed by atoms with Crippen molar-refractivity contribution in [1.29, 1.82) is 0 Å². The van der Waals surface area contributed by atoms with Crippen LogP contribution in [0, 0.1) is 0 Å². The second-order valence-electron chi connectivity index (χ2n) is 4.93. The van der Waals surface area contributed by atoms with Crippen LogP contribution in [0.3, 0.4) is 0 Å². The van der Waals surface area contributed by atoms with Crippen LogP contribution in [0.25, 0.3) is 0 Å². The Kier molecular flexibility index (Phi) is 6.32. The van der Waals surface area contributed by atoms with Crippen molar-refractivity contribution < 1.29 is 19.1 Å². The van der Waals surface area contributed by atoms with E-state index in [0.717, 1.165) is 5.56 Å². The molecule has 0 aliphatic heterocycles. The van der Waals surface area contributed by atoms with Gasteiger partial charge in [-0.15, -0.1) is 0 Å². The van der Waals surface area contributed by atoms with Crippen LogP contribution in [0.15, 0.2) is 54.6 Å². The summed E-state index contributed by atoms with van der Waals surface area (Å²) in [4.78, 5) is 23.7. The van der Waals surface area contributed by atoms with E-state index >= 15 is 0 Å². The number of hydrogen-bond acceptors (Lipinski definition) is 4. The normalized spacial score (nSPS) is 10.1. The number of methoxy groups -OCH3 is 1. The van der Waals surface area contributed by atoms with Crippen molar-refractivity contribution in [2.45, 2.75) is 13.0 Å². The first kappa shape index (κ1) is 16.7. The van der Waals surface area contributed by atoms with Gasteiger partial charge in [-0.05, 0) is 23.8 Å². The molecule has 0 radical (unpaired) electrons. The predicted octanol–water partition coefficient (Wildman–Crippen LogP) is 3.02. The van der Waals surface area contributed by atoms with Gasteiger partial charge in [0, 0.05) is 12.8 Å². The average molecular weight is 313 g/mol. The number of benzene rings is 2. The topological polar surface area (TPSA) is 64.6 Å². The fourth-order valence-electron chi connectivity index (χ4n) is 1.95. The number of carbonyl (C=O) groups is 2. The molecule has 0 bridgehead atoms. The smallest absolute Gasteiger partial charge is 0.338 e. The van der Waals surface area contributed by atoms with Crippen LogP contribution in [0.5, 0.6) is 0 Å². The third-order valence-corrected chi connectivity index (χ3v) is 3.13. The highest BCUT2D eigenvalue weighted by atomic mass is 16.5. The van der Waals surface area contributed by atoms with Crippen LogP contribution in [0.4, 0.5) is 5.69 Å². The van der Waals surface area contributed by atoms with Gasteiger partial charge in [-0.1, -0.05) is 36.4 Å². The van der Waals surface area contributed by atoms with E-state index in [1.165, 1.54) is 7.11 Å². The van der Waals surface area contributed by atoms with E-state index in [2.05, 4.69) is 5.32 Å². The molecule has 2 rings (SSSR count). The quantitative estimate of drug-likeness (QED) is 0.798. The number of hydrogen-bond donors (Lipinski definition) is 1. The molecule has 120 valence electrons. The molecular formula is C18H19NO4. The number of esters is 1. The Morgan fingerprint density at radius 2 is 1.83 bits per heavy atom. The van der Waals surface area contributed by atoms with E-state index in [1.807, 2.05) is 30.3 Å². The molecule has 5 nitrogen and oxygen atoms in total. The van der Waals surface area contributed by atoms with E-state index in [1.54, 1.807) is 24.3 Å². The second kappa shape index (κ2) is 8.70. The van der Waals surface area contributed by atoms with E-state index in [0.29, 0.717) is 17.9 Å². The first-order valence-electron chi connectivity index (χ1n) is 7.29. The molecule has 0 aliphatic carbocycles. The minimum atomic E-state index is -0.429. The third kappa shape index (κ3) is 5.56. The Morgan fingerprint density at radius 1 is 1.04 bits per heavy atom. The minimum absolute atomic E-state index is 0.165. The van der Waals surface area contributed by atoms with Crippen LogP contribution in [0.1, 0.15) is 22.3 Å². The van der Waals surface area contributed by atoms with Gasteiger partial charge >= 0.3 is 5.97 Å². The summed E-state index contributed by atoms with van der Waals surface area (Å²) in [5, 5.41) is 2.72. The molecule has 0 saturated carbocycles. The Morgan fingerprint density at radius 3 is 2.57 bits per heavy atom. The van der Waals surface area contributed by atoms with Gasteiger partial charge in [0.1, 0.15) is 6.61 Å². The van der Waals surface area contributed by atoms with Crippen molar-refractivity contribution in [2.24, 2.45) is 0 Å². The van der Waals surface area contributed by atoms with E-state index in [4.69, 9.17) is 9.47 Å². The fourth-order valence-corrected chi connectivity index (χ4v) is 1.95. The van der Waals surface area contributed by atoms with Gasteiger partial charge in [-0.2, -0.15) is 0 Å². The second-order valence-corrected chi connectivity index (χ2v) is 4.93. The number of amides is 1. The van der Waals surface area contributed by atoms with Crippen LogP contribution < -0.4 is 5.32 Å². The molecule has 0 heterocycles. The predicted molar refractivity (Wildman–Crippen MR) is 87.1 cm³/mol. The highest BCUT2D eigenvalue weighted by Gasteiger charge is 2.09. The molecule has 0 saturated heterocycles. The minimum Gasteiger partial charge on any atom is -0.457 e. The van der Waals surface area contributed by atoms with E-state index < -0.39 is 5.97 Å². The zero-order valence-corrected chi connectivity index (χ0v) is 13.0. The summed E-state index contributed by atoms with van der Waals surface area (Å²) in [6.45, 7) is 0.564. The van der Waals surface area contributed by atoms with Gasteiger partial charge in [0.2, 0.25) is 5.91 Å². The standard InChI is InChI=1S/C18H19NO4/c1-22-11-10-17(20)19-16-9-5-8-15(12-16)18(21)23-13-14-6-3-2-4-7-14/h2-9,12H,10-11,13H2,1H3,(H,19,20). The maximum Gasteiger partial charge on any atom is 0.338 e. The maximum absolute atomic E-state index is 12.1. The van der Waals surface area contributed by atoms with Gasteiger partial charge in [-0.25, -0.2) is 4.79 Å². The van der Waals surface area contributed by atoms with Crippen LogP contribution >= 0.6 is 0 Å². The Hall–Kier alpha value is -2.66. The Balaban J connectivity index is 1.93. The summed E-state index contributed by atoms with van der Waals surface area (Å²) in [7, 11) is 1.54. The van der Waals surface area contributed by atoms with Crippen LogP contribution in [-0.2, 0) is 20.9 Å². The average Bonchev–Trinajstić information content (AvgIpc) is 2.59. The molecule has 0 aliphatic rings. The van der Waals surface area contributed by atoms with Crippen molar-refractivity contribution in [2.75, 3.05) is 19.0 Å². The zero-order chi connectivity index (χ0) is 16.5. The molecule has 0 atom stereocenters. The lowest BCUT2D eigenvalue weighted by atomic mass is 10.2. The molecule has 2 aromatic carbocycles. The van der Waals surface area contributed by atoms with Crippen molar-refractivity contribution >= 4 is 17.6 Å². The number of nitrogens with one attached hydrogen (secondary N) is 1. The van der Waals surface area contributed by atoms with Crippen molar-refractivity contribution in [3.63, 3.8) is 0 Å². The first-order valence-corrected chi connectivity index (χ1v) is 7.29. The summed E-state index contributed by atoms with van der Waals surface area (Å²) >= 11 is 0. The van der Waals surface area contributed by atoms with Crippen molar-refractivity contribution in [1.82, 2.24) is 0 Å². The SMILES string of the molecule is COCCC(=O)Nc1cccc(C(=O)OCc2ccccc2)c1. The maximum atomic E-state index is 12.1. The number of anilines is 1. The van der Waals surface area contributed by atoms with Crippen LogP contribution in [0.2, 0.25) is 0 Å². The monoisotopic (exact) mass is 313 g/mol. The number of carbonyl (C=O) groups excluding carboxylic acids is 2. The molecule has 1 amide bonds. The van der Waals surface area contributed by atoms with E-state index in [9.17, 15) is 9.59 Å². The van der Waals surface area contributed by atoms with Gasteiger partial charge in [-0.3, -0.25) is 4.79 Å². The highest BCUT2D eigenvalue weighted by molar-refractivity contribution is 5.94. The lowest BCUT2D eigenvalue weighted by Gasteiger charge is -2.08. The lowest BCUT2D eigenvalue weighted by Crippen LogP contribution is -2.14. The van der Waals surface area contributed by atoms with Crippen LogP contribution in [-0.4, -0.2) is 25.6 Å². The van der Waals surface area contributed by atoms with E-state index in [-0.39, 0.29) is 18.9 Å². The van der Waals surface area contributed by atoms with Crippen molar-refractivity contribution in [3.8, 4) is 0 Å². The van der Waals surface area contributed by atoms with Crippen molar-refractivity contribution in [3.05, 3.63) is 65.7 Å². The molecule has 2 aromatic rings. The molecule has 0 spiro atoms. The molecule has 5 heteroatoms. The number of rotatable bonds is 7. The highest BCUT2D eigenvalue weighted by Crippen LogP contribution is 2.13. The summed E-state index contributed by atoms with van der Waals surface area (Å²) in [6, 6.07) is 16.1. The molecule has 0 fully saturated rings. The zero-order valence-electron chi connectivity index (χ0n) is 13.0. The molecule has 0 aromatic heterocycles. The molecule has 1 N–H and O–H groups in total. The third-order valence-electron chi connectivity index (χ3n) is 3.13.